The molecule has 1 amide bonds. The van der Waals surface area contributed by atoms with E-state index in [0.29, 0.717) is 23.3 Å². The molecule has 5 rings (SSSR count). The Labute approximate surface area is 213 Å². The van der Waals surface area contributed by atoms with Gasteiger partial charge in [0.15, 0.2) is 11.5 Å². The minimum Gasteiger partial charge on any atom is -0.507 e. The number of likely N-dealkylation sites (tertiary alicyclic amines) is 1. The molecule has 2 heterocycles. The monoisotopic (exact) mass is 498 g/mol. The molecule has 1 atom stereocenters. The van der Waals surface area contributed by atoms with Crippen LogP contribution in [0.1, 0.15) is 22.7 Å². The van der Waals surface area contributed by atoms with E-state index in [9.17, 15) is 19.8 Å². The fourth-order valence-electron chi connectivity index (χ4n) is 4.81. The van der Waals surface area contributed by atoms with Crippen molar-refractivity contribution in [3.8, 4) is 17.2 Å². The van der Waals surface area contributed by atoms with Crippen molar-refractivity contribution < 1.29 is 29.3 Å². The number of nitrogens with one attached hydrogen (secondary N) is 1. The predicted octanol–water partition coefficient (Wildman–Crippen LogP) is 4.56. The Morgan fingerprint density at radius 1 is 1.00 bits per heavy atom. The second kappa shape index (κ2) is 9.73. The number of phenols is 1. The van der Waals surface area contributed by atoms with Crippen LogP contribution in [0.15, 0.2) is 78.5 Å². The molecule has 188 valence electrons. The van der Waals surface area contributed by atoms with Gasteiger partial charge in [0, 0.05) is 29.2 Å². The van der Waals surface area contributed by atoms with Crippen LogP contribution in [-0.4, -0.2) is 52.6 Å². The first kappa shape index (κ1) is 24.0. The van der Waals surface area contributed by atoms with Crippen molar-refractivity contribution >= 4 is 28.4 Å². The summed E-state index contributed by atoms with van der Waals surface area (Å²) in [4.78, 5) is 31.3. The van der Waals surface area contributed by atoms with Gasteiger partial charge in [0.1, 0.15) is 11.5 Å². The normalized spacial score (nSPS) is 16.9. The van der Waals surface area contributed by atoms with E-state index in [1.807, 2.05) is 30.5 Å². The lowest BCUT2D eigenvalue weighted by molar-refractivity contribution is -0.139. The average molecular weight is 499 g/mol. The first-order valence-corrected chi connectivity index (χ1v) is 11.8. The van der Waals surface area contributed by atoms with Gasteiger partial charge in [0.25, 0.3) is 11.7 Å². The number of fused-ring (bicyclic) bond motifs is 1. The van der Waals surface area contributed by atoms with Crippen LogP contribution in [0, 0.1) is 0 Å². The zero-order valence-electron chi connectivity index (χ0n) is 20.4. The first-order chi connectivity index (χ1) is 17.9. The minimum absolute atomic E-state index is 0.0261. The number of nitrogens with zero attached hydrogens (tertiary/aromatic N) is 1. The number of carbonyl (C=O) groups is 2. The molecule has 1 aromatic heterocycles. The van der Waals surface area contributed by atoms with Crippen molar-refractivity contribution in [2.24, 2.45) is 0 Å². The number of aromatic nitrogens is 1. The minimum atomic E-state index is -0.873. The number of rotatable bonds is 7. The number of H-pyrrole nitrogens is 1. The fraction of sp³-hybridized carbons (Fsp3) is 0.172. The third-order valence-electron chi connectivity index (χ3n) is 6.72. The number of amides is 1. The van der Waals surface area contributed by atoms with Crippen LogP contribution in [0.5, 0.6) is 17.2 Å². The number of benzene rings is 3. The molecule has 3 aromatic carbocycles. The maximum Gasteiger partial charge on any atom is 0.295 e. The molecule has 1 saturated heterocycles. The molecule has 1 unspecified atom stereocenters. The molecule has 1 fully saturated rings. The summed E-state index contributed by atoms with van der Waals surface area (Å²) < 4.78 is 10.5. The number of aromatic amines is 1. The van der Waals surface area contributed by atoms with Crippen molar-refractivity contribution in [1.82, 2.24) is 9.88 Å². The summed E-state index contributed by atoms with van der Waals surface area (Å²) in [5.74, 6) is -1.04. The van der Waals surface area contributed by atoms with Gasteiger partial charge in [-0.2, -0.15) is 0 Å². The molecule has 8 heteroatoms. The third kappa shape index (κ3) is 4.27. The number of methoxy groups -OCH3 is 2. The molecular weight excluding hydrogens is 472 g/mol. The number of hydrogen-bond donors (Lipinski definition) is 3. The van der Waals surface area contributed by atoms with Gasteiger partial charge in [0.2, 0.25) is 0 Å². The van der Waals surface area contributed by atoms with E-state index in [1.54, 1.807) is 36.4 Å². The van der Waals surface area contributed by atoms with E-state index in [1.165, 1.54) is 25.2 Å². The molecule has 0 bridgehead atoms. The van der Waals surface area contributed by atoms with Crippen LogP contribution in [0.4, 0.5) is 0 Å². The number of Topliss-reactive ketones (excluding diaryl/α,β-unsaturated/α-hetero) is 1. The highest BCUT2D eigenvalue weighted by atomic mass is 16.5. The van der Waals surface area contributed by atoms with Crippen molar-refractivity contribution in [3.63, 3.8) is 0 Å². The maximum atomic E-state index is 13.3. The van der Waals surface area contributed by atoms with Crippen molar-refractivity contribution in [2.75, 3.05) is 20.8 Å². The highest BCUT2D eigenvalue weighted by Gasteiger charge is 2.46. The van der Waals surface area contributed by atoms with E-state index >= 15 is 0 Å². The number of para-hydroxylation sites is 1. The van der Waals surface area contributed by atoms with Gasteiger partial charge in [-0.1, -0.05) is 24.3 Å². The molecule has 0 aliphatic carbocycles. The van der Waals surface area contributed by atoms with Crippen LogP contribution < -0.4 is 9.47 Å². The summed E-state index contributed by atoms with van der Waals surface area (Å²) >= 11 is 0. The molecule has 1 aliphatic rings. The quantitative estimate of drug-likeness (QED) is 0.196. The third-order valence-corrected chi connectivity index (χ3v) is 6.72. The van der Waals surface area contributed by atoms with Gasteiger partial charge < -0.3 is 29.6 Å². The Balaban J connectivity index is 1.58. The Morgan fingerprint density at radius 3 is 2.49 bits per heavy atom. The molecule has 8 nitrogen and oxygen atoms in total. The van der Waals surface area contributed by atoms with E-state index in [4.69, 9.17) is 9.47 Å². The Bertz CT molecular complexity index is 1520. The van der Waals surface area contributed by atoms with Crippen LogP contribution in [0.2, 0.25) is 0 Å². The summed E-state index contributed by atoms with van der Waals surface area (Å²) in [6, 6.07) is 18.2. The number of aromatic hydroxyl groups is 1. The SMILES string of the molecule is COc1ccc(/C(O)=C2/C(=O)C(=O)N(CCc3c[nH]c4ccccc34)C2c2ccc(O)c(OC)c2)cc1. The molecule has 4 aromatic rings. The molecular formula is C29H26N2O6. The van der Waals surface area contributed by atoms with Gasteiger partial charge in [-0.25, -0.2) is 0 Å². The molecule has 0 radical (unpaired) electrons. The fourth-order valence-corrected chi connectivity index (χ4v) is 4.81. The summed E-state index contributed by atoms with van der Waals surface area (Å²) in [5, 5.41) is 22.4. The zero-order chi connectivity index (χ0) is 26.1. The number of ether oxygens (including phenoxy) is 2. The van der Waals surface area contributed by atoms with Crippen LogP contribution >= 0.6 is 0 Å². The topological polar surface area (TPSA) is 112 Å². The summed E-state index contributed by atoms with van der Waals surface area (Å²) in [6.45, 7) is 0.236. The Kier molecular flexibility index (Phi) is 6.31. The second-order valence-corrected chi connectivity index (χ2v) is 8.76. The van der Waals surface area contributed by atoms with Gasteiger partial charge >= 0.3 is 0 Å². The molecule has 37 heavy (non-hydrogen) atoms. The summed E-state index contributed by atoms with van der Waals surface area (Å²) in [6.07, 6.45) is 2.39. The largest absolute Gasteiger partial charge is 0.507 e. The van der Waals surface area contributed by atoms with Crippen LogP contribution in [0.25, 0.3) is 16.7 Å². The Morgan fingerprint density at radius 2 is 1.76 bits per heavy atom. The lowest BCUT2D eigenvalue weighted by atomic mass is 9.94. The smallest absolute Gasteiger partial charge is 0.295 e. The van der Waals surface area contributed by atoms with Gasteiger partial charge in [-0.05, 0) is 60.0 Å². The standard InChI is InChI=1S/C29H26N2O6/c1-36-20-10-7-17(8-11-20)27(33)25-26(18-9-12-23(32)24(15-18)37-2)31(29(35)28(25)34)14-13-19-16-30-22-6-4-3-5-21(19)22/h3-12,15-16,26,30,32-33H,13-14H2,1-2H3/b27-25-. The molecule has 0 spiro atoms. The number of phenolic OH excluding ortho intramolecular Hbond substituents is 1. The molecule has 3 N–H and O–H groups in total. The average Bonchev–Trinajstić information content (AvgIpc) is 3.45. The van der Waals surface area contributed by atoms with Gasteiger partial charge in [-0.3, -0.25) is 9.59 Å². The Hall–Kier alpha value is -4.72. The van der Waals surface area contributed by atoms with Crippen LogP contribution in [0.3, 0.4) is 0 Å². The lowest BCUT2D eigenvalue weighted by Gasteiger charge is -2.25. The number of aliphatic hydroxyl groups is 1. The number of carbonyl (C=O) groups excluding carboxylic acids is 2. The number of aliphatic hydroxyl groups excluding tert-OH is 1. The summed E-state index contributed by atoms with van der Waals surface area (Å²) in [7, 11) is 2.95. The molecule has 0 saturated carbocycles. The second-order valence-electron chi connectivity index (χ2n) is 8.76. The van der Waals surface area contributed by atoms with Gasteiger partial charge in [-0.15, -0.1) is 0 Å². The van der Waals surface area contributed by atoms with Crippen molar-refractivity contribution in [2.45, 2.75) is 12.5 Å². The molecule has 1 aliphatic heterocycles. The van der Waals surface area contributed by atoms with E-state index < -0.39 is 17.7 Å². The summed E-state index contributed by atoms with van der Waals surface area (Å²) in [5.41, 5.74) is 2.88. The van der Waals surface area contributed by atoms with E-state index in [0.717, 1.165) is 16.5 Å². The van der Waals surface area contributed by atoms with Crippen LogP contribution in [-0.2, 0) is 16.0 Å². The van der Waals surface area contributed by atoms with Gasteiger partial charge in [0.05, 0.1) is 25.8 Å². The zero-order valence-corrected chi connectivity index (χ0v) is 20.4. The maximum absolute atomic E-state index is 13.3. The van der Waals surface area contributed by atoms with Crippen molar-refractivity contribution in [3.05, 3.63) is 95.2 Å². The highest BCUT2D eigenvalue weighted by molar-refractivity contribution is 6.46. The number of ketones is 1. The number of hydrogen-bond acceptors (Lipinski definition) is 6. The van der Waals surface area contributed by atoms with E-state index in [-0.39, 0.29) is 29.4 Å². The van der Waals surface area contributed by atoms with Crippen molar-refractivity contribution in [1.29, 1.82) is 0 Å². The van der Waals surface area contributed by atoms with E-state index in [2.05, 4.69) is 4.98 Å². The predicted molar refractivity (Wildman–Crippen MR) is 139 cm³/mol. The first-order valence-electron chi connectivity index (χ1n) is 11.8. The lowest BCUT2D eigenvalue weighted by Crippen LogP contribution is -2.31. The highest BCUT2D eigenvalue weighted by Crippen LogP contribution is 2.42.